The molecule has 8 nitrogen and oxygen atoms in total. The number of anilines is 2. The summed E-state index contributed by atoms with van der Waals surface area (Å²) < 4.78 is 45.1. The van der Waals surface area contributed by atoms with Gasteiger partial charge in [-0.05, 0) is 48.9 Å². The topological polar surface area (TPSA) is 106 Å². The van der Waals surface area contributed by atoms with Crippen LogP contribution in [-0.4, -0.2) is 19.0 Å². The third-order valence-corrected chi connectivity index (χ3v) is 4.50. The number of hydrogen-bond acceptors (Lipinski definition) is 4. The minimum atomic E-state index is -4.53. The summed E-state index contributed by atoms with van der Waals surface area (Å²) in [7, 11) is 1.39. The van der Waals surface area contributed by atoms with Crippen molar-refractivity contribution in [2.24, 2.45) is 0 Å². The van der Waals surface area contributed by atoms with Crippen LogP contribution in [0.25, 0.3) is 0 Å². The number of ether oxygens (including phenoxy) is 1. The number of nitrogens with zero attached hydrogens (tertiary/aromatic N) is 1. The van der Waals surface area contributed by atoms with Gasteiger partial charge in [0.15, 0.2) is 6.20 Å². The van der Waals surface area contributed by atoms with Crippen molar-refractivity contribution in [2.45, 2.75) is 13.1 Å². The van der Waals surface area contributed by atoms with Crippen LogP contribution in [0.5, 0.6) is 11.5 Å². The molecule has 0 saturated heterocycles. The molecular formula is C22H19F3N4O4. The Hall–Kier alpha value is -4.28. The van der Waals surface area contributed by atoms with Crippen molar-refractivity contribution in [1.82, 2.24) is 5.32 Å². The molecule has 0 atom stereocenters. The number of carbonyl (C=O) groups excluding carboxylic acids is 2. The Morgan fingerprint density at radius 3 is 2.21 bits per heavy atom. The maximum atomic E-state index is 13.0. The molecule has 0 fully saturated rings. The van der Waals surface area contributed by atoms with Gasteiger partial charge in [-0.2, -0.15) is 17.9 Å². The fraction of sp³-hybridized carbons (Fsp3) is 0.136. The predicted molar refractivity (Wildman–Crippen MR) is 114 cm³/mol. The highest BCUT2D eigenvalue weighted by Crippen LogP contribution is 2.33. The van der Waals surface area contributed by atoms with Crippen LogP contribution >= 0.6 is 0 Å². The van der Waals surface area contributed by atoms with Crippen LogP contribution in [0.2, 0.25) is 0 Å². The Morgan fingerprint density at radius 1 is 0.939 bits per heavy atom. The SMILES string of the molecule is CNC(=O)c1cc(Oc2ccc(NC(=O)Nc3ccc(C)c(C(F)(F)F)c3)cc2)cc[n+]1[O-]. The van der Waals surface area contributed by atoms with Gasteiger partial charge in [0.05, 0.1) is 11.6 Å². The number of carbonyl (C=O) groups is 2. The second kappa shape index (κ2) is 9.47. The van der Waals surface area contributed by atoms with Gasteiger partial charge in [-0.25, -0.2) is 4.79 Å². The molecule has 0 unspecified atom stereocenters. The summed E-state index contributed by atoms with van der Waals surface area (Å²) in [6.07, 6.45) is -3.39. The Morgan fingerprint density at radius 2 is 1.58 bits per heavy atom. The maximum absolute atomic E-state index is 13.0. The molecule has 3 amide bonds. The minimum absolute atomic E-state index is 0.00279. The first-order chi connectivity index (χ1) is 15.6. The molecular weight excluding hydrogens is 441 g/mol. The van der Waals surface area contributed by atoms with Gasteiger partial charge < -0.3 is 25.9 Å². The third kappa shape index (κ3) is 5.91. The van der Waals surface area contributed by atoms with Crippen LogP contribution in [0.3, 0.4) is 0 Å². The minimum Gasteiger partial charge on any atom is -0.618 e. The van der Waals surface area contributed by atoms with Crippen molar-refractivity contribution >= 4 is 23.3 Å². The largest absolute Gasteiger partial charge is 0.618 e. The lowest BCUT2D eigenvalue weighted by molar-refractivity contribution is -0.607. The normalized spacial score (nSPS) is 10.9. The van der Waals surface area contributed by atoms with Crippen LogP contribution < -0.4 is 25.4 Å². The van der Waals surface area contributed by atoms with Crippen molar-refractivity contribution in [2.75, 3.05) is 17.7 Å². The van der Waals surface area contributed by atoms with E-state index in [1.54, 1.807) is 0 Å². The average molecular weight is 460 g/mol. The smallest absolute Gasteiger partial charge is 0.416 e. The number of amides is 3. The molecule has 1 aromatic heterocycles. The van der Waals surface area contributed by atoms with Crippen LogP contribution in [0.1, 0.15) is 21.6 Å². The van der Waals surface area contributed by atoms with Gasteiger partial charge >= 0.3 is 18.1 Å². The molecule has 3 rings (SSSR count). The number of halogens is 3. The highest BCUT2D eigenvalue weighted by atomic mass is 19.4. The van der Waals surface area contributed by atoms with E-state index in [0.29, 0.717) is 16.2 Å². The highest BCUT2D eigenvalue weighted by Gasteiger charge is 2.32. The van der Waals surface area contributed by atoms with Crippen molar-refractivity contribution in [3.8, 4) is 11.5 Å². The van der Waals surface area contributed by atoms with E-state index >= 15 is 0 Å². The van der Waals surface area contributed by atoms with E-state index in [4.69, 9.17) is 4.74 Å². The van der Waals surface area contributed by atoms with Gasteiger partial charge in [0, 0.05) is 24.5 Å². The lowest BCUT2D eigenvalue weighted by Crippen LogP contribution is -2.37. The van der Waals surface area contributed by atoms with E-state index in [1.807, 2.05) is 0 Å². The summed E-state index contributed by atoms with van der Waals surface area (Å²) >= 11 is 0. The molecule has 0 bridgehead atoms. The van der Waals surface area contributed by atoms with Gasteiger partial charge in [-0.3, -0.25) is 4.79 Å². The first kappa shape index (κ1) is 23.4. The zero-order valence-corrected chi connectivity index (χ0v) is 17.5. The van der Waals surface area contributed by atoms with Gasteiger partial charge in [0.25, 0.3) is 5.69 Å². The van der Waals surface area contributed by atoms with Gasteiger partial charge in [0.1, 0.15) is 11.5 Å². The maximum Gasteiger partial charge on any atom is 0.416 e. The number of nitrogens with one attached hydrogen (secondary N) is 3. The lowest BCUT2D eigenvalue weighted by Gasteiger charge is -2.13. The number of rotatable bonds is 5. The quantitative estimate of drug-likeness (QED) is 0.387. The van der Waals surface area contributed by atoms with Crippen molar-refractivity contribution in [3.63, 3.8) is 0 Å². The molecule has 172 valence electrons. The zero-order valence-electron chi connectivity index (χ0n) is 17.5. The summed E-state index contributed by atoms with van der Waals surface area (Å²) in [6, 6.07) is 11.5. The Balaban J connectivity index is 1.64. The van der Waals surface area contributed by atoms with E-state index in [2.05, 4.69) is 16.0 Å². The zero-order chi connectivity index (χ0) is 24.2. The van der Waals surface area contributed by atoms with E-state index in [1.165, 1.54) is 62.5 Å². The monoisotopic (exact) mass is 460 g/mol. The Labute approximate surface area is 186 Å². The molecule has 0 aliphatic heterocycles. The fourth-order valence-corrected chi connectivity index (χ4v) is 2.87. The molecule has 0 radical (unpaired) electrons. The molecule has 3 N–H and O–H groups in total. The van der Waals surface area contributed by atoms with Crippen LogP contribution in [0, 0.1) is 12.1 Å². The number of urea groups is 1. The predicted octanol–water partition coefficient (Wildman–Crippen LogP) is 4.44. The van der Waals surface area contributed by atoms with E-state index in [-0.39, 0.29) is 22.7 Å². The van der Waals surface area contributed by atoms with Crippen LogP contribution in [0.4, 0.5) is 29.3 Å². The molecule has 0 saturated carbocycles. The highest BCUT2D eigenvalue weighted by molar-refractivity contribution is 5.99. The number of benzene rings is 2. The molecule has 1 heterocycles. The molecule has 0 aliphatic carbocycles. The molecule has 33 heavy (non-hydrogen) atoms. The second-order valence-corrected chi connectivity index (χ2v) is 6.89. The molecule has 0 spiro atoms. The first-order valence-electron chi connectivity index (χ1n) is 9.56. The third-order valence-electron chi connectivity index (χ3n) is 4.50. The van der Waals surface area contributed by atoms with E-state index < -0.39 is 23.7 Å². The number of aryl methyl sites for hydroxylation is 1. The number of alkyl halides is 3. The standard InChI is InChI=1S/C22H19F3N4O4/c1-13-3-4-15(11-18(13)22(23,24)25)28-21(31)27-14-5-7-16(8-6-14)33-17-9-10-29(32)19(12-17)20(30)26-2/h3-12H,1-2H3,(H,26,30)(H2,27,28,31). The summed E-state index contributed by atoms with van der Waals surface area (Å²) in [4.78, 5) is 23.9. The first-order valence-corrected chi connectivity index (χ1v) is 9.56. The summed E-state index contributed by atoms with van der Waals surface area (Å²) in [5.41, 5.74) is -0.564. The summed E-state index contributed by atoms with van der Waals surface area (Å²) in [6.45, 7) is 1.34. The van der Waals surface area contributed by atoms with Gasteiger partial charge in [-0.15, -0.1) is 0 Å². The molecule has 11 heteroatoms. The van der Waals surface area contributed by atoms with E-state index in [0.717, 1.165) is 12.3 Å². The number of hydrogen-bond donors (Lipinski definition) is 3. The van der Waals surface area contributed by atoms with Crippen LogP contribution in [0.15, 0.2) is 60.8 Å². The summed E-state index contributed by atoms with van der Waals surface area (Å²) in [5.74, 6) is 0.0387. The number of aromatic nitrogens is 1. The Bertz CT molecular complexity index is 1180. The van der Waals surface area contributed by atoms with Crippen molar-refractivity contribution < 1.29 is 32.2 Å². The van der Waals surface area contributed by atoms with Crippen LogP contribution in [-0.2, 0) is 6.18 Å². The van der Waals surface area contributed by atoms with E-state index in [9.17, 15) is 28.0 Å². The van der Waals surface area contributed by atoms with Crippen molar-refractivity contribution in [3.05, 3.63) is 82.8 Å². The molecule has 3 aromatic rings. The second-order valence-electron chi connectivity index (χ2n) is 6.89. The summed E-state index contributed by atoms with van der Waals surface area (Å²) in [5, 5.41) is 18.9. The lowest BCUT2D eigenvalue weighted by atomic mass is 10.1. The Kier molecular flexibility index (Phi) is 6.71. The van der Waals surface area contributed by atoms with Gasteiger partial charge in [-0.1, -0.05) is 6.07 Å². The molecule has 0 aliphatic rings. The fourth-order valence-electron chi connectivity index (χ4n) is 2.87. The molecule has 2 aromatic carbocycles. The average Bonchev–Trinajstić information content (AvgIpc) is 2.76. The number of pyridine rings is 1. The van der Waals surface area contributed by atoms with Gasteiger partial charge in [0.2, 0.25) is 0 Å². The van der Waals surface area contributed by atoms with Crippen molar-refractivity contribution in [1.29, 1.82) is 0 Å².